The van der Waals surface area contributed by atoms with Crippen LogP contribution in [0.4, 0.5) is 0 Å². The van der Waals surface area contributed by atoms with Crippen molar-refractivity contribution < 1.29 is 9.90 Å². The average molecular weight is 254 g/mol. The van der Waals surface area contributed by atoms with Gasteiger partial charge in [0.15, 0.2) is 0 Å². The highest BCUT2D eigenvalue weighted by Crippen LogP contribution is 2.30. The highest BCUT2D eigenvalue weighted by atomic mass is 35.5. The van der Waals surface area contributed by atoms with E-state index in [9.17, 15) is 9.90 Å². The van der Waals surface area contributed by atoms with Gasteiger partial charge in [0.2, 0.25) is 0 Å². The molecule has 0 heterocycles. The number of hydrogen-bond donors (Lipinski definition) is 2. The minimum absolute atomic E-state index is 0.188. The lowest BCUT2D eigenvalue weighted by Gasteiger charge is -2.36. The smallest absolute Gasteiger partial charge is 0.251 e. The number of halogens is 1. The first-order chi connectivity index (χ1) is 8.00. The normalized spacial score (nSPS) is 17.4. The minimum Gasteiger partial charge on any atom is -0.388 e. The average Bonchev–Trinajstić information content (AvgIpc) is 2.27. The third kappa shape index (κ3) is 2.79. The summed E-state index contributed by atoms with van der Waals surface area (Å²) < 4.78 is 0. The first-order valence-corrected chi connectivity index (χ1v) is 6.15. The van der Waals surface area contributed by atoms with Gasteiger partial charge in [-0.1, -0.05) is 17.7 Å². The number of amides is 1. The molecule has 17 heavy (non-hydrogen) atoms. The zero-order valence-electron chi connectivity index (χ0n) is 9.79. The summed E-state index contributed by atoms with van der Waals surface area (Å²) in [5, 5.41) is 13.2. The van der Waals surface area contributed by atoms with Crippen LogP contribution in [0.1, 0.15) is 35.2 Å². The van der Waals surface area contributed by atoms with E-state index in [4.69, 9.17) is 11.6 Å². The molecule has 0 atom stereocenters. The Balaban J connectivity index is 1.97. The number of carbonyl (C=O) groups is 1. The Morgan fingerprint density at radius 2 is 2.24 bits per heavy atom. The number of carbonyl (C=O) groups excluding carboxylic acids is 1. The van der Waals surface area contributed by atoms with Crippen LogP contribution in [0.25, 0.3) is 0 Å². The second-order valence-corrected chi connectivity index (χ2v) is 5.13. The van der Waals surface area contributed by atoms with E-state index in [2.05, 4.69) is 5.32 Å². The van der Waals surface area contributed by atoms with E-state index in [0.717, 1.165) is 24.8 Å². The predicted molar refractivity (Wildman–Crippen MR) is 67.3 cm³/mol. The summed E-state index contributed by atoms with van der Waals surface area (Å²) in [4.78, 5) is 11.8. The number of hydrogen-bond acceptors (Lipinski definition) is 2. The summed E-state index contributed by atoms with van der Waals surface area (Å²) in [6.45, 7) is 2.21. The fourth-order valence-corrected chi connectivity index (χ4v) is 2.02. The van der Waals surface area contributed by atoms with Crippen LogP contribution in [0.3, 0.4) is 0 Å². The molecule has 0 radical (unpaired) electrons. The molecule has 1 saturated carbocycles. The van der Waals surface area contributed by atoms with Gasteiger partial charge in [0.05, 0.1) is 5.60 Å². The van der Waals surface area contributed by atoms with Crippen molar-refractivity contribution in [3.05, 3.63) is 34.3 Å². The first kappa shape index (κ1) is 12.4. The molecule has 4 heteroatoms. The number of aliphatic hydroxyl groups is 1. The van der Waals surface area contributed by atoms with Crippen LogP contribution in [0.15, 0.2) is 18.2 Å². The molecule has 0 aromatic heterocycles. The lowest BCUT2D eigenvalue weighted by molar-refractivity contribution is -0.0300. The molecule has 1 amide bonds. The molecule has 1 aromatic rings. The van der Waals surface area contributed by atoms with Crippen molar-refractivity contribution >= 4 is 17.5 Å². The molecule has 0 unspecified atom stereocenters. The van der Waals surface area contributed by atoms with E-state index in [-0.39, 0.29) is 5.91 Å². The van der Waals surface area contributed by atoms with Gasteiger partial charge in [-0.05, 0) is 43.9 Å². The van der Waals surface area contributed by atoms with Crippen molar-refractivity contribution in [2.24, 2.45) is 0 Å². The highest BCUT2D eigenvalue weighted by Gasteiger charge is 2.34. The van der Waals surface area contributed by atoms with Crippen LogP contribution in [0.2, 0.25) is 5.02 Å². The molecule has 2 rings (SSSR count). The Morgan fingerprint density at radius 1 is 1.53 bits per heavy atom. The largest absolute Gasteiger partial charge is 0.388 e. The highest BCUT2D eigenvalue weighted by molar-refractivity contribution is 6.31. The van der Waals surface area contributed by atoms with Gasteiger partial charge in [-0.25, -0.2) is 0 Å². The van der Waals surface area contributed by atoms with E-state index in [0.29, 0.717) is 17.1 Å². The van der Waals surface area contributed by atoms with Gasteiger partial charge < -0.3 is 10.4 Å². The van der Waals surface area contributed by atoms with Gasteiger partial charge in [0.1, 0.15) is 0 Å². The Kier molecular flexibility index (Phi) is 3.40. The molecular formula is C13H16ClNO2. The fourth-order valence-electron chi connectivity index (χ4n) is 1.84. The molecule has 1 aromatic carbocycles. The van der Waals surface area contributed by atoms with E-state index in [1.807, 2.05) is 13.0 Å². The Hall–Kier alpha value is -1.06. The van der Waals surface area contributed by atoms with Crippen molar-refractivity contribution in [3.63, 3.8) is 0 Å². The van der Waals surface area contributed by atoms with E-state index >= 15 is 0 Å². The topological polar surface area (TPSA) is 49.3 Å². The van der Waals surface area contributed by atoms with Gasteiger partial charge in [-0.15, -0.1) is 0 Å². The zero-order chi connectivity index (χ0) is 12.5. The van der Waals surface area contributed by atoms with Crippen molar-refractivity contribution in [2.75, 3.05) is 6.54 Å². The SMILES string of the molecule is Cc1ccc(C(=O)NCC2(O)CCC2)cc1Cl. The lowest BCUT2D eigenvalue weighted by Crippen LogP contribution is -2.47. The molecule has 0 spiro atoms. The number of aryl methyl sites for hydroxylation is 1. The molecule has 1 fully saturated rings. The van der Waals surface area contributed by atoms with Gasteiger partial charge in [0.25, 0.3) is 5.91 Å². The van der Waals surface area contributed by atoms with Crippen LogP contribution in [-0.4, -0.2) is 23.2 Å². The third-order valence-electron chi connectivity index (χ3n) is 3.30. The summed E-state index contributed by atoms with van der Waals surface area (Å²) in [6.07, 6.45) is 2.56. The molecule has 2 N–H and O–H groups in total. The molecule has 3 nitrogen and oxygen atoms in total. The predicted octanol–water partition coefficient (Wildman–Crippen LogP) is 2.29. The number of rotatable bonds is 3. The van der Waals surface area contributed by atoms with Crippen molar-refractivity contribution in [1.29, 1.82) is 0 Å². The maximum absolute atomic E-state index is 11.8. The number of nitrogens with one attached hydrogen (secondary N) is 1. The third-order valence-corrected chi connectivity index (χ3v) is 3.70. The van der Waals surface area contributed by atoms with Crippen molar-refractivity contribution in [2.45, 2.75) is 31.8 Å². The summed E-state index contributed by atoms with van der Waals surface area (Å²) in [5.41, 5.74) is 0.786. The first-order valence-electron chi connectivity index (χ1n) is 5.77. The van der Waals surface area contributed by atoms with E-state index in [1.54, 1.807) is 12.1 Å². The van der Waals surface area contributed by atoms with Crippen LogP contribution in [0.5, 0.6) is 0 Å². The maximum atomic E-state index is 11.8. The van der Waals surface area contributed by atoms with Gasteiger partial charge in [0, 0.05) is 17.1 Å². The monoisotopic (exact) mass is 253 g/mol. The summed E-state index contributed by atoms with van der Waals surface area (Å²) in [6, 6.07) is 5.20. The Bertz CT molecular complexity index is 441. The van der Waals surface area contributed by atoms with Gasteiger partial charge in [-0.3, -0.25) is 4.79 Å². The number of benzene rings is 1. The summed E-state index contributed by atoms with van der Waals surface area (Å²) in [5.74, 6) is -0.188. The van der Waals surface area contributed by atoms with Crippen LogP contribution < -0.4 is 5.32 Å². The second kappa shape index (κ2) is 4.67. The second-order valence-electron chi connectivity index (χ2n) is 4.72. The van der Waals surface area contributed by atoms with Gasteiger partial charge in [-0.2, -0.15) is 0 Å². The lowest BCUT2D eigenvalue weighted by atomic mass is 9.80. The molecule has 0 bridgehead atoms. The van der Waals surface area contributed by atoms with Crippen molar-refractivity contribution in [3.8, 4) is 0 Å². The molecule has 0 saturated heterocycles. The van der Waals surface area contributed by atoms with Gasteiger partial charge >= 0.3 is 0 Å². The van der Waals surface area contributed by atoms with Crippen molar-refractivity contribution in [1.82, 2.24) is 5.32 Å². The molecule has 1 aliphatic carbocycles. The fraction of sp³-hybridized carbons (Fsp3) is 0.462. The van der Waals surface area contributed by atoms with E-state index < -0.39 is 5.60 Å². The molecule has 1 aliphatic rings. The zero-order valence-corrected chi connectivity index (χ0v) is 10.5. The van der Waals surface area contributed by atoms with Crippen LogP contribution in [0, 0.1) is 6.92 Å². The quantitative estimate of drug-likeness (QED) is 0.868. The molecular weight excluding hydrogens is 238 g/mol. The summed E-state index contributed by atoms with van der Waals surface area (Å²) in [7, 11) is 0. The molecule has 92 valence electrons. The van der Waals surface area contributed by atoms with Crippen LogP contribution >= 0.6 is 11.6 Å². The Morgan fingerprint density at radius 3 is 2.76 bits per heavy atom. The van der Waals surface area contributed by atoms with E-state index in [1.165, 1.54) is 0 Å². The van der Waals surface area contributed by atoms with Crippen LogP contribution in [-0.2, 0) is 0 Å². The maximum Gasteiger partial charge on any atom is 0.251 e. The molecule has 0 aliphatic heterocycles. The standard InChI is InChI=1S/C13H16ClNO2/c1-9-3-4-10(7-11(9)14)12(16)15-8-13(17)5-2-6-13/h3-4,7,17H,2,5-6,8H2,1H3,(H,15,16). The minimum atomic E-state index is -0.690. The summed E-state index contributed by atoms with van der Waals surface area (Å²) >= 11 is 5.96. The Labute approximate surface area is 106 Å².